The summed E-state index contributed by atoms with van der Waals surface area (Å²) in [7, 11) is 0. The molecule has 0 nitrogen and oxygen atoms in total. The highest BCUT2D eigenvalue weighted by Crippen LogP contribution is 2.21. The smallest absolute Gasteiger partial charge is 0.0490 e. The second-order valence-electron chi connectivity index (χ2n) is 3.29. The first kappa shape index (κ1) is 10.3. The molecule has 0 N–H and O–H groups in total. The molecule has 0 fully saturated rings. The van der Waals surface area contributed by atoms with Crippen LogP contribution >= 0.6 is 0 Å². The monoisotopic (exact) mass is 202 g/mol. The van der Waals surface area contributed by atoms with E-state index in [0.29, 0.717) is 0 Å². The zero-order valence-corrected chi connectivity index (χ0v) is 8.77. The van der Waals surface area contributed by atoms with E-state index in [2.05, 4.69) is 18.1 Å². The standard InChI is InChI=1S/C16H10/c1-2-9-16(14-10-5-3-6-11-14)15-12-7-4-8-13-15/h1,3-8,10-12H. The van der Waals surface area contributed by atoms with Crippen LogP contribution < -0.4 is 0 Å². The van der Waals surface area contributed by atoms with Gasteiger partial charge in [0.15, 0.2) is 0 Å². The van der Waals surface area contributed by atoms with Gasteiger partial charge < -0.3 is 0 Å². The van der Waals surface area contributed by atoms with E-state index in [1.165, 1.54) is 0 Å². The summed E-state index contributed by atoms with van der Waals surface area (Å²) in [5.74, 6) is 2.46. The largest absolute Gasteiger partial charge is 0.115 e. The molecule has 0 aromatic heterocycles. The third kappa shape index (κ3) is 2.21. The van der Waals surface area contributed by atoms with E-state index in [1.54, 1.807) is 0 Å². The molecule has 0 heterocycles. The average molecular weight is 202 g/mol. The van der Waals surface area contributed by atoms with Crippen LogP contribution in [0.3, 0.4) is 0 Å². The molecule has 0 atom stereocenters. The minimum atomic E-state index is 0.906. The van der Waals surface area contributed by atoms with Gasteiger partial charge in [0.25, 0.3) is 0 Å². The molecule has 0 aliphatic carbocycles. The van der Waals surface area contributed by atoms with Gasteiger partial charge in [-0.25, -0.2) is 0 Å². The maximum atomic E-state index is 5.31. The molecule has 0 amide bonds. The molecule has 0 heteroatoms. The minimum absolute atomic E-state index is 0.906. The van der Waals surface area contributed by atoms with Crippen LogP contribution in [0, 0.1) is 24.5 Å². The van der Waals surface area contributed by atoms with Crippen molar-refractivity contribution in [1.29, 1.82) is 0 Å². The van der Waals surface area contributed by atoms with Gasteiger partial charge in [-0.3, -0.25) is 0 Å². The SMILES string of the molecule is C#C[C]=C(c1[c]cccc1)c1ccccc1. The second kappa shape index (κ2) is 5.00. The van der Waals surface area contributed by atoms with Gasteiger partial charge in [-0.15, -0.1) is 6.42 Å². The van der Waals surface area contributed by atoms with Crippen LogP contribution in [0.2, 0.25) is 0 Å². The van der Waals surface area contributed by atoms with Gasteiger partial charge in [0.1, 0.15) is 0 Å². The highest BCUT2D eigenvalue weighted by Gasteiger charge is 2.03. The Hall–Kier alpha value is -2.26. The fourth-order valence-electron chi connectivity index (χ4n) is 1.52. The van der Waals surface area contributed by atoms with Crippen molar-refractivity contribution in [2.45, 2.75) is 0 Å². The quantitative estimate of drug-likeness (QED) is 0.655. The lowest BCUT2D eigenvalue weighted by Crippen LogP contribution is -1.87. The molecule has 2 radical (unpaired) electrons. The van der Waals surface area contributed by atoms with Gasteiger partial charge >= 0.3 is 0 Å². The van der Waals surface area contributed by atoms with Gasteiger partial charge in [-0.05, 0) is 17.2 Å². The molecule has 2 rings (SSSR count). The first-order valence-corrected chi connectivity index (χ1v) is 5.03. The molecule has 0 saturated heterocycles. The van der Waals surface area contributed by atoms with Crippen molar-refractivity contribution >= 4 is 5.57 Å². The van der Waals surface area contributed by atoms with Crippen molar-refractivity contribution in [3.05, 3.63) is 77.9 Å². The van der Waals surface area contributed by atoms with Crippen LogP contribution in [0.25, 0.3) is 5.57 Å². The first-order chi connectivity index (χ1) is 7.92. The van der Waals surface area contributed by atoms with Crippen molar-refractivity contribution in [1.82, 2.24) is 0 Å². The number of terminal acetylenes is 1. The number of rotatable bonds is 2. The molecule has 0 saturated carbocycles. The first-order valence-electron chi connectivity index (χ1n) is 5.03. The van der Waals surface area contributed by atoms with E-state index in [0.717, 1.165) is 16.7 Å². The predicted octanol–water partition coefficient (Wildman–Crippen LogP) is 3.35. The number of hydrogen-bond acceptors (Lipinski definition) is 0. The fourth-order valence-corrected chi connectivity index (χ4v) is 1.52. The Labute approximate surface area is 96.3 Å². The Balaban J connectivity index is 2.50. The van der Waals surface area contributed by atoms with Crippen molar-refractivity contribution < 1.29 is 0 Å². The summed E-state index contributed by atoms with van der Waals surface area (Å²) in [5, 5.41) is 0. The van der Waals surface area contributed by atoms with E-state index in [-0.39, 0.29) is 0 Å². The summed E-state index contributed by atoms with van der Waals surface area (Å²) in [4.78, 5) is 0. The summed E-state index contributed by atoms with van der Waals surface area (Å²) in [6.45, 7) is 0. The maximum absolute atomic E-state index is 5.31. The molecule has 0 bridgehead atoms. The highest BCUT2D eigenvalue weighted by molar-refractivity contribution is 5.79. The Kier molecular flexibility index (Phi) is 3.21. The number of hydrogen-bond donors (Lipinski definition) is 0. The molecule has 2 aromatic rings. The van der Waals surface area contributed by atoms with Crippen LogP contribution in [0.1, 0.15) is 11.1 Å². The Morgan fingerprint density at radius 1 is 1.00 bits per heavy atom. The molecule has 74 valence electrons. The molecule has 16 heavy (non-hydrogen) atoms. The Morgan fingerprint density at radius 3 is 2.38 bits per heavy atom. The van der Waals surface area contributed by atoms with Gasteiger partial charge in [-0.1, -0.05) is 60.5 Å². The summed E-state index contributed by atoms with van der Waals surface area (Å²) in [6.07, 6.45) is 8.24. The number of allylic oxidation sites excluding steroid dienone is 1. The van der Waals surface area contributed by atoms with E-state index >= 15 is 0 Å². The summed E-state index contributed by atoms with van der Waals surface area (Å²) in [5.41, 5.74) is 2.93. The zero-order chi connectivity index (χ0) is 11.2. The second-order valence-corrected chi connectivity index (χ2v) is 3.29. The van der Waals surface area contributed by atoms with Crippen LogP contribution in [0.4, 0.5) is 0 Å². The minimum Gasteiger partial charge on any atom is -0.115 e. The van der Waals surface area contributed by atoms with Crippen LogP contribution in [0.5, 0.6) is 0 Å². The van der Waals surface area contributed by atoms with Crippen molar-refractivity contribution in [2.24, 2.45) is 0 Å². The highest BCUT2D eigenvalue weighted by atomic mass is 14.1. The van der Waals surface area contributed by atoms with E-state index in [4.69, 9.17) is 6.42 Å². The van der Waals surface area contributed by atoms with Crippen molar-refractivity contribution in [3.8, 4) is 12.3 Å². The van der Waals surface area contributed by atoms with Crippen molar-refractivity contribution in [2.75, 3.05) is 0 Å². The molecule has 0 unspecified atom stereocenters. The van der Waals surface area contributed by atoms with Crippen LogP contribution in [-0.2, 0) is 0 Å². The van der Waals surface area contributed by atoms with Gasteiger partial charge in [0.05, 0.1) is 0 Å². The number of benzene rings is 2. The molecule has 2 aromatic carbocycles. The predicted molar refractivity (Wildman–Crippen MR) is 66.3 cm³/mol. The van der Waals surface area contributed by atoms with E-state index in [1.807, 2.05) is 54.6 Å². The molecule has 0 spiro atoms. The van der Waals surface area contributed by atoms with E-state index < -0.39 is 0 Å². The van der Waals surface area contributed by atoms with Gasteiger partial charge in [0.2, 0.25) is 0 Å². The maximum Gasteiger partial charge on any atom is 0.0490 e. The van der Waals surface area contributed by atoms with Gasteiger partial charge in [0, 0.05) is 11.6 Å². The van der Waals surface area contributed by atoms with Gasteiger partial charge in [-0.2, -0.15) is 0 Å². The molecule has 0 aliphatic heterocycles. The molecule has 0 aliphatic rings. The normalized spacial score (nSPS) is 10.8. The average Bonchev–Trinajstić information content (AvgIpc) is 2.38. The topological polar surface area (TPSA) is 0 Å². The summed E-state index contributed by atoms with van der Waals surface area (Å²) >= 11 is 0. The Morgan fingerprint density at radius 2 is 1.75 bits per heavy atom. The Bertz CT molecular complexity index is 471. The third-order valence-electron chi connectivity index (χ3n) is 2.24. The lowest BCUT2D eigenvalue weighted by Gasteiger charge is -2.05. The molecular weight excluding hydrogens is 192 g/mol. The molecular formula is C16H10. The van der Waals surface area contributed by atoms with Crippen LogP contribution in [-0.4, -0.2) is 0 Å². The lowest BCUT2D eigenvalue weighted by atomic mass is 9.98. The van der Waals surface area contributed by atoms with Crippen molar-refractivity contribution in [3.63, 3.8) is 0 Å². The lowest BCUT2D eigenvalue weighted by molar-refractivity contribution is 1.53. The van der Waals surface area contributed by atoms with E-state index in [9.17, 15) is 0 Å². The zero-order valence-electron chi connectivity index (χ0n) is 8.77. The fraction of sp³-hybridized carbons (Fsp3) is 0. The van der Waals surface area contributed by atoms with Crippen LogP contribution in [0.15, 0.2) is 54.6 Å². The third-order valence-corrected chi connectivity index (χ3v) is 2.24. The summed E-state index contributed by atoms with van der Waals surface area (Å²) in [6, 6.07) is 20.9. The summed E-state index contributed by atoms with van der Waals surface area (Å²) < 4.78 is 0.